The summed E-state index contributed by atoms with van der Waals surface area (Å²) in [5, 5.41) is 14.2. The minimum absolute atomic E-state index is 0.0139. The molecule has 23 heteroatoms. The SMILES string of the molecule is CNc1nccc(C2=NCc3nc(N4CCC(C)(N)CC4)cnc32)c1Cl.Cc1nccc(C2=NCc3nc(N4CCC(C)(C(C)N)CC4)cnc32)c1Cl.Cc1nccc(C2=NCc3nc(N4CCC(N)(CO)CC4)cnc32)c1Cl. The lowest BCUT2D eigenvalue weighted by Gasteiger charge is -2.42. The maximum absolute atomic E-state index is 9.41. The molecule has 12 heterocycles. The van der Waals surface area contributed by atoms with Gasteiger partial charge < -0.3 is 42.3 Å². The monoisotopic (exact) mass is 1130 g/mol. The maximum atomic E-state index is 9.41. The Hall–Kier alpha value is -6.39. The van der Waals surface area contributed by atoms with Gasteiger partial charge in [0.25, 0.3) is 0 Å². The van der Waals surface area contributed by atoms with E-state index >= 15 is 0 Å². The fourth-order valence-electron chi connectivity index (χ4n) is 10.5. The van der Waals surface area contributed by atoms with E-state index in [9.17, 15) is 5.11 Å². The topological polar surface area (TPSA) is 273 Å². The molecular weight excluding hydrogens is 1060 g/mol. The van der Waals surface area contributed by atoms with Crippen molar-refractivity contribution in [3.63, 3.8) is 0 Å². The first kappa shape index (κ1) is 55.9. The molecule has 6 aliphatic heterocycles. The van der Waals surface area contributed by atoms with Gasteiger partial charge in [0.15, 0.2) is 0 Å². The first-order valence-electron chi connectivity index (χ1n) is 26.8. The van der Waals surface area contributed by atoms with E-state index < -0.39 is 5.54 Å². The number of aliphatic hydroxyl groups is 1. The molecule has 6 aromatic heterocycles. The molecule has 1 atom stereocenters. The zero-order chi connectivity index (χ0) is 55.8. The van der Waals surface area contributed by atoms with Crippen molar-refractivity contribution in [1.29, 1.82) is 0 Å². The van der Waals surface area contributed by atoms with Crippen LogP contribution >= 0.6 is 34.8 Å². The number of hydrogen-bond acceptors (Lipinski definition) is 20. The number of fused-ring (bicyclic) bond motifs is 3. The van der Waals surface area contributed by atoms with Crippen LogP contribution in [0.3, 0.4) is 0 Å². The van der Waals surface area contributed by atoms with Crippen molar-refractivity contribution < 1.29 is 5.11 Å². The Labute approximate surface area is 475 Å². The highest BCUT2D eigenvalue weighted by Gasteiger charge is 2.36. The third kappa shape index (κ3) is 11.6. The molecule has 0 bridgehead atoms. The second-order valence-corrected chi connectivity index (χ2v) is 23.1. The van der Waals surface area contributed by atoms with Gasteiger partial charge in [-0.1, -0.05) is 41.7 Å². The normalized spacial score (nSPS) is 18.9. The summed E-state index contributed by atoms with van der Waals surface area (Å²) in [7, 11) is 1.79. The van der Waals surface area contributed by atoms with E-state index in [0.29, 0.717) is 40.5 Å². The quantitative estimate of drug-likeness (QED) is 0.0990. The van der Waals surface area contributed by atoms with Crippen LogP contribution in [0.2, 0.25) is 15.1 Å². The van der Waals surface area contributed by atoms with Crippen LogP contribution in [0, 0.1) is 19.3 Å². The highest BCUT2D eigenvalue weighted by molar-refractivity contribution is 6.38. The number of piperidine rings is 3. The molecule has 1 unspecified atom stereocenters. The summed E-state index contributed by atoms with van der Waals surface area (Å²) in [6, 6.07) is 5.81. The molecule has 414 valence electrons. The highest BCUT2D eigenvalue weighted by Crippen LogP contribution is 2.37. The fourth-order valence-corrected chi connectivity index (χ4v) is 11.2. The summed E-state index contributed by atoms with van der Waals surface area (Å²) in [5.41, 5.74) is 29.7. The molecule has 20 nitrogen and oxygen atoms in total. The van der Waals surface area contributed by atoms with Crippen molar-refractivity contribution in [2.45, 2.75) is 110 Å². The molecule has 8 N–H and O–H groups in total. The summed E-state index contributed by atoms with van der Waals surface area (Å²) in [4.78, 5) is 61.7. The summed E-state index contributed by atoms with van der Waals surface area (Å²) < 4.78 is 0. The smallest absolute Gasteiger partial charge is 0.147 e. The molecule has 0 radical (unpaired) electrons. The zero-order valence-corrected chi connectivity index (χ0v) is 47.9. The van der Waals surface area contributed by atoms with Crippen molar-refractivity contribution in [3.8, 4) is 0 Å². The van der Waals surface area contributed by atoms with Gasteiger partial charge in [-0.2, -0.15) is 0 Å². The summed E-state index contributed by atoms with van der Waals surface area (Å²) in [6.07, 6.45) is 16.2. The van der Waals surface area contributed by atoms with Gasteiger partial charge in [0.2, 0.25) is 0 Å². The minimum atomic E-state index is -0.479. The number of nitrogens with zero attached hydrogens (tertiary/aromatic N) is 15. The van der Waals surface area contributed by atoms with Crippen molar-refractivity contribution in [3.05, 3.63) is 133 Å². The number of anilines is 4. The van der Waals surface area contributed by atoms with E-state index in [-0.39, 0.29) is 23.6 Å². The molecule has 0 aromatic carbocycles. The molecule has 12 rings (SSSR count). The van der Waals surface area contributed by atoms with Gasteiger partial charge in [0, 0.05) is 98.7 Å². The van der Waals surface area contributed by atoms with Crippen LogP contribution in [0.4, 0.5) is 23.3 Å². The number of nitrogens with two attached hydrogens (primary N) is 3. The Kier molecular flexibility index (Phi) is 16.3. The standard InChI is InChI=1S/C20H25ClN6.C18H22ClN7.C18H21ClN6O/c1-12-17(21)14(4-7-23-12)18-19-15(10-24-18)26-16(11-25-19)27-8-5-20(3,6-9-27)13(2)22;1-18(20)4-7-26(8-5-18)13-10-24-16-12(25-13)9-23-15(16)11-3-6-22-17(21-2)14(11)19;1-11-15(19)12(2-5-21-11)16-17-13(8-22-16)24-14(9-23-17)25-6-3-18(20,10-26)4-7-25/h4,7,11,13H,5-6,8-10,22H2,1-3H3;3,6,10H,4-5,7-9,20H2,1-2H3,(H,21,22);2,5,9,26H,3-4,6-8,10,20H2,1H3. The van der Waals surface area contributed by atoms with E-state index in [4.69, 9.17) is 71.9 Å². The number of aryl methyl sites for hydroxylation is 2. The first-order chi connectivity index (χ1) is 37.9. The average Bonchev–Trinajstić information content (AvgIpc) is 4.32. The van der Waals surface area contributed by atoms with Gasteiger partial charge in [-0.25, -0.2) is 34.9 Å². The summed E-state index contributed by atoms with van der Waals surface area (Å²) >= 11 is 19.3. The average molecular weight is 1130 g/mol. The van der Waals surface area contributed by atoms with Crippen molar-refractivity contribution in [1.82, 2.24) is 44.9 Å². The van der Waals surface area contributed by atoms with Gasteiger partial charge in [0.1, 0.15) is 40.4 Å². The van der Waals surface area contributed by atoms with Gasteiger partial charge in [-0.15, -0.1) is 0 Å². The van der Waals surface area contributed by atoms with Gasteiger partial charge in [-0.05, 0) is 89.8 Å². The fraction of sp³-hybridized carbons (Fsp3) is 0.464. The van der Waals surface area contributed by atoms with Crippen molar-refractivity contribution in [2.75, 3.05) is 72.9 Å². The molecule has 79 heavy (non-hydrogen) atoms. The first-order valence-corrected chi connectivity index (χ1v) is 28.0. The number of pyridine rings is 3. The van der Waals surface area contributed by atoms with Gasteiger partial charge in [0.05, 0.1) is 106 Å². The van der Waals surface area contributed by atoms with Gasteiger partial charge >= 0.3 is 0 Å². The van der Waals surface area contributed by atoms with E-state index in [1.807, 2.05) is 44.4 Å². The van der Waals surface area contributed by atoms with Crippen LogP contribution < -0.4 is 37.2 Å². The van der Waals surface area contributed by atoms with Crippen LogP contribution in [0.15, 0.2) is 70.4 Å². The number of rotatable bonds is 9. The van der Waals surface area contributed by atoms with Gasteiger partial charge in [-0.3, -0.25) is 24.9 Å². The Balaban J connectivity index is 0.000000134. The molecule has 0 saturated carbocycles. The predicted molar refractivity (Wildman–Crippen MR) is 314 cm³/mol. The number of aliphatic hydroxyl groups excluding tert-OH is 1. The number of aromatic nitrogens is 9. The van der Waals surface area contributed by atoms with E-state index in [1.54, 1.807) is 31.8 Å². The van der Waals surface area contributed by atoms with E-state index in [2.05, 4.69) is 80.7 Å². The van der Waals surface area contributed by atoms with Crippen molar-refractivity contribution in [2.24, 2.45) is 37.6 Å². The number of hydrogen-bond donors (Lipinski definition) is 5. The Morgan fingerprint density at radius 3 is 1.32 bits per heavy atom. The van der Waals surface area contributed by atoms with Crippen LogP contribution in [-0.4, -0.2) is 137 Å². The van der Waals surface area contributed by atoms with E-state index in [0.717, 1.165) is 175 Å². The zero-order valence-electron chi connectivity index (χ0n) is 45.6. The van der Waals surface area contributed by atoms with Crippen LogP contribution in [-0.2, 0) is 19.6 Å². The molecule has 0 aliphatic carbocycles. The molecule has 0 spiro atoms. The minimum Gasteiger partial charge on any atom is -0.394 e. The third-order valence-electron chi connectivity index (χ3n) is 16.3. The molecule has 3 saturated heterocycles. The lowest BCUT2D eigenvalue weighted by Crippen LogP contribution is -2.53. The lowest BCUT2D eigenvalue weighted by molar-refractivity contribution is 0.170. The largest absolute Gasteiger partial charge is 0.394 e. The molecule has 0 amide bonds. The lowest BCUT2D eigenvalue weighted by atomic mass is 9.75. The predicted octanol–water partition coefficient (Wildman–Crippen LogP) is 6.85. The number of nitrogens with one attached hydrogen (secondary N) is 1. The molecule has 6 aliphatic rings. The summed E-state index contributed by atoms with van der Waals surface area (Å²) in [5.74, 6) is 3.28. The third-order valence-corrected chi connectivity index (χ3v) is 17.6. The number of halogens is 3. The highest BCUT2D eigenvalue weighted by atomic mass is 35.5. The van der Waals surface area contributed by atoms with E-state index in [1.165, 1.54) is 0 Å². The van der Waals surface area contributed by atoms with Crippen LogP contribution in [0.1, 0.15) is 122 Å². The second kappa shape index (κ2) is 23.0. The Morgan fingerprint density at radius 2 is 0.937 bits per heavy atom. The Morgan fingerprint density at radius 1 is 0.570 bits per heavy atom. The maximum Gasteiger partial charge on any atom is 0.147 e. The molecule has 3 fully saturated rings. The number of aliphatic imine (C=N–C) groups is 3. The van der Waals surface area contributed by atoms with Crippen LogP contribution in [0.25, 0.3) is 0 Å². The Bertz CT molecular complexity index is 3340. The van der Waals surface area contributed by atoms with Crippen LogP contribution in [0.5, 0.6) is 0 Å². The van der Waals surface area contributed by atoms with Crippen molar-refractivity contribution >= 4 is 75.2 Å². The molecule has 6 aromatic rings. The second-order valence-electron chi connectivity index (χ2n) is 21.9. The molecular formula is C56H68Cl3N19O. The summed E-state index contributed by atoms with van der Waals surface area (Å²) in [6.45, 7) is 17.0.